The number of aryl methyl sites for hydroxylation is 2. The lowest BCUT2D eigenvalue weighted by molar-refractivity contribution is 0.355. The molecule has 0 spiro atoms. The molecule has 0 aliphatic heterocycles. The predicted molar refractivity (Wildman–Crippen MR) is 113 cm³/mol. The Morgan fingerprint density at radius 2 is 1.73 bits per heavy atom. The second-order valence-corrected chi connectivity index (χ2v) is 7.51. The van der Waals surface area contributed by atoms with E-state index in [1.165, 1.54) is 17.3 Å². The van der Waals surface area contributed by atoms with Gasteiger partial charge in [-0.3, -0.25) is 4.57 Å². The molecular weight excluding hydrogens is 402 g/mol. The van der Waals surface area contributed by atoms with Gasteiger partial charge in [-0.15, -0.1) is 10.2 Å². The smallest absolute Gasteiger partial charge is 0.237 e. The van der Waals surface area contributed by atoms with Gasteiger partial charge in [0, 0.05) is 11.3 Å². The second kappa shape index (κ2) is 8.58. The van der Waals surface area contributed by atoms with Crippen molar-refractivity contribution in [2.75, 3.05) is 14.2 Å². The van der Waals surface area contributed by atoms with Crippen molar-refractivity contribution in [3.05, 3.63) is 59.7 Å². The van der Waals surface area contributed by atoms with Crippen LogP contribution < -0.4 is 9.47 Å². The molecule has 9 heteroatoms. The maximum atomic E-state index is 5.43. The maximum Gasteiger partial charge on any atom is 0.237 e. The minimum Gasteiger partial charge on any atom is -0.493 e. The van der Waals surface area contributed by atoms with Gasteiger partial charge in [-0.05, 0) is 44.2 Å². The van der Waals surface area contributed by atoms with Gasteiger partial charge in [-0.1, -0.05) is 34.6 Å². The number of thioether (sulfide) groups is 1. The van der Waals surface area contributed by atoms with Crippen molar-refractivity contribution in [1.82, 2.24) is 24.9 Å². The highest BCUT2D eigenvalue weighted by molar-refractivity contribution is 7.98. The largest absolute Gasteiger partial charge is 0.493 e. The molecule has 154 valence electrons. The first kappa shape index (κ1) is 20.0. The Bertz CT molecular complexity index is 1150. The minimum absolute atomic E-state index is 0.476. The third-order valence-corrected chi connectivity index (χ3v) is 5.44. The zero-order valence-electron chi connectivity index (χ0n) is 17.1. The lowest BCUT2D eigenvalue weighted by atomic mass is 10.2. The summed E-state index contributed by atoms with van der Waals surface area (Å²) in [5, 5.41) is 13.4. The summed E-state index contributed by atoms with van der Waals surface area (Å²) in [6.07, 6.45) is 0. The van der Waals surface area contributed by atoms with Gasteiger partial charge in [-0.25, -0.2) is 0 Å². The molecular formula is C21H21N5O3S. The van der Waals surface area contributed by atoms with Crippen molar-refractivity contribution in [3.8, 4) is 28.6 Å². The molecule has 4 rings (SSSR count). The average molecular weight is 423 g/mol. The van der Waals surface area contributed by atoms with Gasteiger partial charge in [0.05, 0.1) is 20.0 Å². The average Bonchev–Trinajstić information content (AvgIpc) is 3.39. The molecule has 0 bridgehead atoms. The first-order chi connectivity index (χ1) is 14.6. The molecule has 0 atom stereocenters. The first-order valence-corrected chi connectivity index (χ1v) is 10.2. The van der Waals surface area contributed by atoms with Gasteiger partial charge < -0.3 is 14.0 Å². The van der Waals surface area contributed by atoms with Gasteiger partial charge in [0.15, 0.2) is 16.7 Å². The molecule has 8 nitrogen and oxygen atoms in total. The van der Waals surface area contributed by atoms with E-state index in [4.69, 9.17) is 14.0 Å². The predicted octanol–water partition coefficient (Wildman–Crippen LogP) is 4.24. The number of hydrogen-bond acceptors (Lipinski definition) is 8. The Morgan fingerprint density at radius 1 is 0.967 bits per heavy atom. The Hall–Kier alpha value is -3.33. The summed E-state index contributed by atoms with van der Waals surface area (Å²) >= 11 is 1.49. The Labute approximate surface area is 178 Å². The van der Waals surface area contributed by atoms with Crippen LogP contribution in [0.25, 0.3) is 17.1 Å². The van der Waals surface area contributed by atoms with Crippen LogP contribution >= 0.6 is 11.8 Å². The van der Waals surface area contributed by atoms with Gasteiger partial charge in [-0.2, -0.15) is 4.98 Å². The third kappa shape index (κ3) is 4.02. The summed E-state index contributed by atoms with van der Waals surface area (Å²) in [6.45, 7) is 3.99. The van der Waals surface area contributed by atoms with Crippen molar-refractivity contribution in [3.63, 3.8) is 0 Å². The highest BCUT2D eigenvalue weighted by Gasteiger charge is 2.15. The lowest BCUT2D eigenvalue weighted by Gasteiger charge is -2.08. The Morgan fingerprint density at radius 3 is 2.47 bits per heavy atom. The molecule has 0 radical (unpaired) electrons. The van der Waals surface area contributed by atoms with Crippen LogP contribution in [-0.4, -0.2) is 39.1 Å². The summed E-state index contributed by atoms with van der Waals surface area (Å²) in [7, 11) is 3.18. The number of hydrogen-bond donors (Lipinski definition) is 0. The quantitative estimate of drug-likeness (QED) is 0.408. The topological polar surface area (TPSA) is 88.1 Å². The van der Waals surface area contributed by atoms with Crippen molar-refractivity contribution in [1.29, 1.82) is 0 Å². The van der Waals surface area contributed by atoms with Crippen LogP contribution in [0.1, 0.15) is 17.3 Å². The summed E-state index contributed by atoms with van der Waals surface area (Å²) < 4.78 is 18.0. The molecule has 0 N–H and O–H groups in total. The summed E-state index contributed by atoms with van der Waals surface area (Å²) in [5.41, 5.74) is 3.00. The van der Waals surface area contributed by atoms with E-state index in [0.717, 1.165) is 22.2 Å². The van der Waals surface area contributed by atoms with Crippen LogP contribution in [0.5, 0.6) is 11.5 Å². The van der Waals surface area contributed by atoms with E-state index in [-0.39, 0.29) is 0 Å². The molecule has 0 amide bonds. The molecule has 2 aromatic carbocycles. The molecule has 0 aliphatic rings. The molecule has 0 saturated carbocycles. The van der Waals surface area contributed by atoms with Gasteiger partial charge in [0.1, 0.15) is 5.82 Å². The fourth-order valence-corrected chi connectivity index (χ4v) is 3.79. The number of rotatable bonds is 7. The zero-order chi connectivity index (χ0) is 21.1. The van der Waals surface area contributed by atoms with Crippen molar-refractivity contribution in [2.45, 2.75) is 24.8 Å². The van der Waals surface area contributed by atoms with Crippen molar-refractivity contribution in [2.24, 2.45) is 0 Å². The molecule has 0 fully saturated rings. The van der Waals surface area contributed by atoms with Crippen LogP contribution in [0.4, 0.5) is 0 Å². The number of aromatic nitrogens is 5. The normalized spacial score (nSPS) is 10.9. The number of benzene rings is 2. The SMILES string of the molecule is COc1ccc(-c2noc(CSc3nnc(C)n3-c3ccc(C)cc3)n2)cc1OC. The van der Waals surface area contributed by atoms with Crippen LogP contribution in [0.2, 0.25) is 0 Å². The molecule has 30 heavy (non-hydrogen) atoms. The Kier molecular flexibility index (Phi) is 5.71. The van der Waals surface area contributed by atoms with Crippen LogP contribution in [0, 0.1) is 13.8 Å². The minimum atomic E-state index is 0.476. The van der Waals surface area contributed by atoms with Crippen LogP contribution in [-0.2, 0) is 5.75 Å². The van der Waals surface area contributed by atoms with Crippen LogP contribution in [0.15, 0.2) is 52.1 Å². The summed E-state index contributed by atoms with van der Waals surface area (Å²) in [5.74, 6) is 3.54. The van der Waals surface area contributed by atoms with E-state index in [9.17, 15) is 0 Å². The van der Waals surface area contributed by atoms with Crippen molar-refractivity contribution < 1.29 is 14.0 Å². The van der Waals surface area contributed by atoms with Gasteiger partial charge in [0.25, 0.3) is 0 Å². The van der Waals surface area contributed by atoms with Gasteiger partial charge >= 0.3 is 0 Å². The molecule has 4 aromatic rings. The molecule has 0 saturated heterocycles. The monoisotopic (exact) mass is 423 g/mol. The van der Waals surface area contributed by atoms with E-state index in [2.05, 4.69) is 51.5 Å². The number of methoxy groups -OCH3 is 2. The van der Waals surface area contributed by atoms with E-state index in [0.29, 0.717) is 29.0 Å². The fourth-order valence-electron chi connectivity index (χ4n) is 2.96. The second-order valence-electron chi connectivity index (χ2n) is 6.57. The highest BCUT2D eigenvalue weighted by Crippen LogP contribution is 2.32. The van der Waals surface area contributed by atoms with E-state index in [1.54, 1.807) is 14.2 Å². The van der Waals surface area contributed by atoms with E-state index < -0.39 is 0 Å². The van der Waals surface area contributed by atoms with Gasteiger partial charge in [0.2, 0.25) is 11.7 Å². The molecule has 0 aliphatic carbocycles. The van der Waals surface area contributed by atoms with E-state index >= 15 is 0 Å². The molecule has 2 heterocycles. The molecule has 0 unspecified atom stereocenters. The highest BCUT2D eigenvalue weighted by atomic mass is 32.2. The summed E-state index contributed by atoms with van der Waals surface area (Å²) in [4.78, 5) is 4.49. The van der Waals surface area contributed by atoms with E-state index in [1.807, 2.05) is 29.7 Å². The molecule has 2 aromatic heterocycles. The maximum absolute atomic E-state index is 5.43. The Balaban J connectivity index is 1.51. The third-order valence-electron chi connectivity index (χ3n) is 4.52. The summed E-state index contributed by atoms with van der Waals surface area (Å²) in [6, 6.07) is 13.7. The zero-order valence-corrected chi connectivity index (χ0v) is 17.9. The first-order valence-electron chi connectivity index (χ1n) is 9.26. The standard InChI is InChI=1S/C21H21N5O3S/c1-13-5-8-16(9-6-13)26-14(2)23-24-21(26)30-12-19-22-20(25-29-19)15-7-10-17(27-3)18(11-15)28-4/h5-11H,12H2,1-4H3. The lowest BCUT2D eigenvalue weighted by Crippen LogP contribution is -1.99. The number of ether oxygens (including phenoxy) is 2. The number of nitrogens with zero attached hydrogens (tertiary/aromatic N) is 5. The fraction of sp³-hybridized carbons (Fsp3) is 0.238. The van der Waals surface area contributed by atoms with Crippen LogP contribution in [0.3, 0.4) is 0 Å². The van der Waals surface area contributed by atoms with Crippen molar-refractivity contribution >= 4 is 11.8 Å².